The van der Waals surface area contributed by atoms with E-state index in [0.717, 1.165) is 25.1 Å². The first-order valence-corrected chi connectivity index (χ1v) is 5.46. The quantitative estimate of drug-likeness (QED) is 0.759. The van der Waals surface area contributed by atoms with Crippen LogP contribution >= 0.6 is 11.6 Å². The Morgan fingerprint density at radius 3 is 3.00 bits per heavy atom. The van der Waals surface area contributed by atoms with Gasteiger partial charge < -0.3 is 11.1 Å². The van der Waals surface area contributed by atoms with Crippen LogP contribution in [0.1, 0.15) is 19.3 Å². The van der Waals surface area contributed by atoms with Crippen molar-refractivity contribution in [2.75, 3.05) is 11.1 Å². The fourth-order valence-electron chi connectivity index (χ4n) is 1.69. The van der Waals surface area contributed by atoms with Crippen LogP contribution in [0.2, 0.25) is 5.02 Å². The van der Waals surface area contributed by atoms with Gasteiger partial charge in [-0.05, 0) is 25.3 Å². The second kappa shape index (κ2) is 4.53. The van der Waals surface area contributed by atoms with Gasteiger partial charge in [-0.2, -0.15) is 0 Å². The van der Waals surface area contributed by atoms with Gasteiger partial charge in [0.1, 0.15) is 5.82 Å². The predicted molar refractivity (Wildman–Crippen MR) is 64.1 cm³/mol. The molecule has 0 radical (unpaired) electrons. The molecular weight excluding hydrogens is 210 g/mol. The number of rotatable bonds is 2. The van der Waals surface area contributed by atoms with E-state index in [-0.39, 0.29) is 0 Å². The van der Waals surface area contributed by atoms with Gasteiger partial charge in [-0.3, -0.25) is 0 Å². The Hall–Kier alpha value is -1.22. The number of pyridine rings is 1. The summed E-state index contributed by atoms with van der Waals surface area (Å²) >= 11 is 5.78. The summed E-state index contributed by atoms with van der Waals surface area (Å²) in [4.78, 5) is 4.18. The van der Waals surface area contributed by atoms with E-state index in [1.54, 1.807) is 12.3 Å². The van der Waals surface area contributed by atoms with Gasteiger partial charge in [0.15, 0.2) is 0 Å². The first-order valence-electron chi connectivity index (χ1n) is 5.08. The molecule has 1 aromatic heterocycles. The number of allylic oxidation sites excluding steroid dienone is 1. The van der Waals surface area contributed by atoms with Gasteiger partial charge in [0.25, 0.3) is 0 Å². The summed E-state index contributed by atoms with van der Waals surface area (Å²) in [5, 5.41) is 3.90. The molecule has 1 aliphatic carbocycles. The number of hydrogen-bond donors (Lipinski definition) is 2. The largest absolute Gasteiger partial charge is 0.396 e. The zero-order valence-electron chi connectivity index (χ0n) is 8.41. The molecule has 0 fully saturated rings. The number of nitrogens with zero attached hydrogens (tertiary/aromatic N) is 1. The molecule has 80 valence electrons. The van der Waals surface area contributed by atoms with E-state index in [1.807, 2.05) is 0 Å². The molecule has 15 heavy (non-hydrogen) atoms. The first kappa shape index (κ1) is 10.3. The van der Waals surface area contributed by atoms with E-state index in [4.69, 9.17) is 17.3 Å². The van der Waals surface area contributed by atoms with Gasteiger partial charge in [-0.25, -0.2) is 4.98 Å². The molecule has 3 nitrogen and oxygen atoms in total. The summed E-state index contributed by atoms with van der Waals surface area (Å²) in [7, 11) is 0. The van der Waals surface area contributed by atoms with Crippen LogP contribution in [0, 0.1) is 0 Å². The third kappa shape index (κ3) is 2.63. The predicted octanol–water partition coefficient (Wildman–Crippen LogP) is 2.84. The first-order chi connectivity index (χ1) is 7.25. The molecule has 0 spiro atoms. The summed E-state index contributed by atoms with van der Waals surface area (Å²) < 4.78 is 0. The number of aromatic nitrogens is 1. The third-order valence-corrected chi connectivity index (χ3v) is 2.70. The molecule has 3 N–H and O–H groups in total. The molecular formula is C11H14ClN3. The van der Waals surface area contributed by atoms with Crippen LogP contribution in [0.5, 0.6) is 0 Å². The highest BCUT2D eigenvalue weighted by Crippen LogP contribution is 2.22. The van der Waals surface area contributed by atoms with Crippen LogP contribution in [-0.4, -0.2) is 11.0 Å². The van der Waals surface area contributed by atoms with Crippen molar-refractivity contribution in [3.63, 3.8) is 0 Å². The summed E-state index contributed by atoms with van der Waals surface area (Å²) in [6.07, 6.45) is 9.28. The van der Waals surface area contributed by atoms with E-state index < -0.39 is 0 Å². The molecule has 1 aromatic rings. The van der Waals surface area contributed by atoms with Crippen molar-refractivity contribution >= 4 is 23.1 Å². The normalized spacial score (nSPS) is 20.2. The maximum absolute atomic E-state index is 5.81. The number of nitrogens with two attached hydrogens (primary N) is 1. The van der Waals surface area contributed by atoms with Crippen LogP contribution in [0.3, 0.4) is 0 Å². The lowest BCUT2D eigenvalue weighted by atomic mass is 10.0. The van der Waals surface area contributed by atoms with E-state index in [1.165, 1.54) is 0 Å². The zero-order valence-corrected chi connectivity index (χ0v) is 9.17. The molecule has 0 saturated carbocycles. The lowest BCUT2D eigenvalue weighted by Gasteiger charge is -2.20. The highest BCUT2D eigenvalue weighted by molar-refractivity contribution is 6.30. The van der Waals surface area contributed by atoms with Crippen molar-refractivity contribution < 1.29 is 0 Å². The number of hydrogen-bond acceptors (Lipinski definition) is 3. The maximum atomic E-state index is 5.81. The molecule has 0 amide bonds. The van der Waals surface area contributed by atoms with Gasteiger partial charge in [0.2, 0.25) is 0 Å². The Balaban J connectivity index is 2.06. The van der Waals surface area contributed by atoms with Crippen LogP contribution in [0.15, 0.2) is 24.4 Å². The molecule has 0 bridgehead atoms. The molecule has 4 heteroatoms. The van der Waals surface area contributed by atoms with Gasteiger partial charge in [-0.15, -0.1) is 0 Å². The van der Waals surface area contributed by atoms with Gasteiger partial charge in [0, 0.05) is 12.2 Å². The molecule has 1 heterocycles. The number of halogens is 1. The molecule has 2 rings (SSSR count). The monoisotopic (exact) mass is 223 g/mol. The van der Waals surface area contributed by atoms with Crippen molar-refractivity contribution in [2.24, 2.45) is 0 Å². The van der Waals surface area contributed by atoms with Gasteiger partial charge in [0.05, 0.1) is 10.7 Å². The zero-order chi connectivity index (χ0) is 10.7. The Labute approximate surface area is 94.3 Å². The van der Waals surface area contributed by atoms with Gasteiger partial charge >= 0.3 is 0 Å². The lowest BCUT2D eigenvalue weighted by molar-refractivity contribution is 0.642. The summed E-state index contributed by atoms with van der Waals surface area (Å²) in [6, 6.07) is 2.15. The number of nitrogen functional groups attached to an aromatic ring is 1. The average molecular weight is 224 g/mol. The Bertz CT molecular complexity index is 376. The minimum absolute atomic E-state index is 0.436. The van der Waals surface area contributed by atoms with Crippen molar-refractivity contribution in [1.82, 2.24) is 4.98 Å². The molecule has 1 aliphatic rings. The van der Waals surface area contributed by atoms with E-state index in [0.29, 0.717) is 16.8 Å². The Kier molecular flexibility index (Phi) is 3.11. The van der Waals surface area contributed by atoms with E-state index >= 15 is 0 Å². The second-order valence-electron chi connectivity index (χ2n) is 3.72. The minimum atomic E-state index is 0.436. The molecule has 0 aromatic carbocycles. The number of anilines is 2. The van der Waals surface area contributed by atoms with Crippen molar-refractivity contribution in [3.8, 4) is 0 Å². The van der Waals surface area contributed by atoms with E-state index in [9.17, 15) is 0 Å². The van der Waals surface area contributed by atoms with E-state index in [2.05, 4.69) is 22.5 Å². The average Bonchev–Trinajstić information content (AvgIpc) is 2.24. The third-order valence-electron chi connectivity index (χ3n) is 2.49. The highest BCUT2D eigenvalue weighted by atomic mass is 35.5. The van der Waals surface area contributed by atoms with Crippen LogP contribution in [-0.2, 0) is 0 Å². The summed E-state index contributed by atoms with van der Waals surface area (Å²) in [6.45, 7) is 0. The SMILES string of the molecule is Nc1cc(Cl)cnc1NC1CC=CCC1. The van der Waals surface area contributed by atoms with Crippen LogP contribution in [0.25, 0.3) is 0 Å². The molecule has 0 saturated heterocycles. The van der Waals surface area contributed by atoms with Crippen molar-refractivity contribution in [1.29, 1.82) is 0 Å². The highest BCUT2D eigenvalue weighted by Gasteiger charge is 2.11. The van der Waals surface area contributed by atoms with Gasteiger partial charge in [-0.1, -0.05) is 23.8 Å². The fourth-order valence-corrected chi connectivity index (χ4v) is 1.86. The van der Waals surface area contributed by atoms with Crippen LogP contribution in [0.4, 0.5) is 11.5 Å². The number of nitrogens with one attached hydrogen (secondary N) is 1. The Morgan fingerprint density at radius 1 is 1.47 bits per heavy atom. The minimum Gasteiger partial charge on any atom is -0.396 e. The second-order valence-corrected chi connectivity index (χ2v) is 4.15. The molecule has 1 atom stereocenters. The van der Waals surface area contributed by atoms with Crippen molar-refractivity contribution in [3.05, 3.63) is 29.4 Å². The lowest BCUT2D eigenvalue weighted by Crippen LogP contribution is -2.21. The van der Waals surface area contributed by atoms with Crippen LogP contribution < -0.4 is 11.1 Å². The molecule has 1 unspecified atom stereocenters. The molecule has 0 aliphatic heterocycles. The standard InChI is InChI=1S/C11H14ClN3/c12-8-6-10(13)11(14-7-8)15-9-4-2-1-3-5-9/h1-2,6-7,9H,3-5,13H2,(H,14,15). The maximum Gasteiger partial charge on any atom is 0.149 e. The summed E-state index contributed by atoms with van der Waals surface area (Å²) in [5.41, 5.74) is 6.42. The fraction of sp³-hybridized carbons (Fsp3) is 0.364. The summed E-state index contributed by atoms with van der Waals surface area (Å²) in [5.74, 6) is 0.736. The Morgan fingerprint density at radius 2 is 2.33 bits per heavy atom. The van der Waals surface area contributed by atoms with Crippen molar-refractivity contribution in [2.45, 2.75) is 25.3 Å². The smallest absolute Gasteiger partial charge is 0.149 e. The topological polar surface area (TPSA) is 50.9 Å².